The Labute approximate surface area is 162 Å². The van der Waals surface area contributed by atoms with Crippen LogP contribution in [0.1, 0.15) is 0 Å². The number of para-hydroxylation sites is 3. The highest BCUT2D eigenvalue weighted by Gasteiger charge is 2.21. The van der Waals surface area contributed by atoms with Crippen molar-refractivity contribution in [2.45, 2.75) is 0 Å². The summed E-state index contributed by atoms with van der Waals surface area (Å²) in [6, 6.07) is 33.8. The van der Waals surface area contributed by atoms with Gasteiger partial charge in [-0.25, -0.2) is 4.98 Å². The Morgan fingerprint density at radius 1 is 0.536 bits per heavy atom. The van der Waals surface area contributed by atoms with Crippen molar-refractivity contribution >= 4 is 33.0 Å². The van der Waals surface area contributed by atoms with Crippen molar-refractivity contribution in [3.63, 3.8) is 0 Å². The van der Waals surface area contributed by atoms with Gasteiger partial charge < -0.3 is 0 Å². The summed E-state index contributed by atoms with van der Waals surface area (Å²) in [5, 5.41) is 3.66. The average molecular weight is 359 g/mol. The number of hydrogen-bond acceptors (Lipinski definition) is 1. The molecule has 0 bridgehead atoms. The van der Waals surface area contributed by atoms with Gasteiger partial charge in [-0.15, -0.1) is 0 Å². The fourth-order valence-electron chi connectivity index (χ4n) is 4.23. The molecule has 0 fully saturated rings. The van der Waals surface area contributed by atoms with E-state index in [1.807, 2.05) is 18.3 Å². The van der Waals surface area contributed by atoms with Crippen LogP contribution in [0, 0.1) is 0 Å². The summed E-state index contributed by atoms with van der Waals surface area (Å²) in [5.74, 6) is 0. The molecule has 0 unspecified atom stereocenters. The molecule has 0 radical (unpaired) electrons. The minimum Gasteiger partial charge on any atom is -0.295 e. The second-order valence-electron chi connectivity index (χ2n) is 6.93. The zero-order valence-corrected chi connectivity index (χ0v) is 15.2. The number of benzene rings is 3. The summed E-state index contributed by atoms with van der Waals surface area (Å²) in [7, 11) is 0. The summed E-state index contributed by atoms with van der Waals surface area (Å²) in [4.78, 5) is 4.76. The van der Waals surface area contributed by atoms with Gasteiger partial charge in [0, 0.05) is 33.7 Å². The highest BCUT2D eigenvalue weighted by molar-refractivity contribution is 6.21. The lowest BCUT2D eigenvalue weighted by Crippen LogP contribution is -2.01. The van der Waals surface area contributed by atoms with E-state index >= 15 is 0 Å². The third-order valence-electron chi connectivity index (χ3n) is 5.36. The third kappa shape index (κ3) is 2.01. The molecule has 0 saturated carbocycles. The summed E-state index contributed by atoms with van der Waals surface area (Å²) >= 11 is 0. The Morgan fingerprint density at radius 3 is 1.89 bits per heavy atom. The molecule has 3 heteroatoms. The zero-order chi connectivity index (χ0) is 18.5. The minimum atomic E-state index is 0.981. The monoisotopic (exact) mass is 359 g/mol. The van der Waals surface area contributed by atoms with Crippen LogP contribution in [0.4, 0.5) is 0 Å². The molecule has 0 aliphatic carbocycles. The second-order valence-corrected chi connectivity index (χ2v) is 6.93. The Bertz CT molecular complexity index is 1330. The van der Waals surface area contributed by atoms with Crippen molar-refractivity contribution in [1.82, 2.24) is 14.1 Å². The standard InChI is InChI=1S/C25H17N3/c1-3-10-18(11-4-1)27-22-16-8-7-14-20(22)23-21-15-9-17-26-24(21)28(25(23)27)19-12-5-2-6-13-19/h1-17H. The van der Waals surface area contributed by atoms with Gasteiger partial charge in [-0.2, -0.15) is 0 Å². The lowest BCUT2D eigenvalue weighted by Gasteiger charge is -2.12. The maximum absolute atomic E-state index is 4.76. The molecule has 0 saturated heterocycles. The fraction of sp³-hybridized carbons (Fsp3) is 0. The molecule has 0 spiro atoms. The Balaban J connectivity index is 1.93. The molecule has 3 aromatic carbocycles. The van der Waals surface area contributed by atoms with Crippen molar-refractivity contribution < 1.29 is 0 Å². The number of nitrogens with zero attached hydrogens (tertiary/aromatic N) is 3. The van der Waals surface area contributed by atoms with Gasteiger partial charge in [-0.1, -0.05) is 54.6 Å². The average Bonchev–Trinajstić information content (AvgIpc) is 3.27. The van der Waals surface area contributed by atoms with Crippen molar-refractivity contribution in [1.29, 1.82) is 0 Å². The van der Waals surface area contributed by atoms with Gasteiger partial charge in [-0.05, 0) is 42.5 Å². The van der Waals surface area contributed by atoms with Gasteiger partial charge in [0.1, 0.15) is 11.3 Å². The highest BCUT2D eigenvalue weighted by Crippen LogP contribution is 2.39. The SMILES string of the molecule is c1ccc(-n2c3ccccc3c3c4cccnc4n(-c4ccccc4)c32)cc1. The molecule has 6 aromatic rings. The molecular formula is C25H17N3. The molecule has 132 valence electrons. The first kappa shape index (κ1) is 15.2. The number of rotatable bonds is 2. The molecule has 3 nitrogen and oxygen atoms in total. The highest BCUT2D eigenvalue weighted by atomic mass is 15.2. The van der Waals surface area contributed by atoms with E-state index in [-0.39, 0.29) is 0 Å². The van der Waals surface area contributed by atoms with Gasteiger partial charge >= 0.3 is 0 Å². The maximum atomic E-state index is 4.76. The van der Waals surface area contributed by atoms with E-state index in [1.165, 1.54) is 21.7 Å². The lowest BCUT2D eigenvalue weighted by molar-refractivity contribution is 1.05. The van der Waals surface area contributed by atoms with Crippen LogP contribution in [0.25, 0.3) is 44.3 Å². The molecule has 3 aromatic heterocycles. The largest absolute Gasteiger partial charge is 0.295 e. The number of hydrogen-bond donors (Lipinski definition) is 0. The first-order chi connectivity index (χ1) is 13.9. The van der Waals surface area contributed by atoms with E-state index in [4.69, 9.17) is 4.98 Å². The number of fused-ring (bicyclic) bond motifs is 5. The Hall–Kier alpha value is -3.85. The van der Waals surface area contributed by atoms with Gasteiger partial charge in [0.05, 0.1) is 5.52 Å². The summed E-state index contributed by atoms with van der Waals surface area (Å²) < 4.78 is 4.62. The molecule has 0 aliphatic heterocycles. The molecule has 0 N–H and O–H groups in total. The van der Waals surface area contributed by atoms with Crippen LogP contribution < -0.4 is 0 Å². The molecule has 3 heterocycles. The van der Waals surface area contributed by atoms with E-state index < -0.39 is 0 Å². The van der Waals surface area contributed by atoms with Gasteiger partial charge in [0.15, 0.2) is 0 Å². The van der Waals surface area contributed by atoms with Crippen LogP contribution in [-0.2, 0) is 0 Å². The number of aromatic nitrogens is 3. The van der Waals surface area contributed by atoms with Crippen LogP contribution in [0.3, 0.4) is 0 Å². The van der Waals surface area contributed by atoms with E-state index in [0.717, 1.165) is 22.7 Å². The smallest absolute Gasteiger partial charge is 0.146 e. The zero-order valence-electron chi connectivity index (χ0n) is 15.2. The predicted octanol–water partition coefficient (Wildman–Crippen LogP) is 6.12. The predicted molar refractivity (Wildman–Crippen MR) is 115 cm³/mol. The molecule has 28 heavy (non-hydrogen) atoms. The van der Waals surface area contributed by atoms with Crippen molar-refractivity contribution in [3.8, 4) is 11.4 Å². The van der Waals surface area contributed by atoms with Crippen molar-refractivity contribution in [3.05, 3.63) is 103 Å². The molecule has 0 atom stereocenters. The number of pyridine rings is 1. The summed E-state index contributed by atoms with van der Waals surface area (Å²) in [5.41, 5.74) is 5.59. The Kier molecular flexibility index (Phi) is 3.17. The summed E-state index contributed by atoms with van der Waals surface area (Å²) in [6.07, 6.45) is 1.87. The Morgan fingerprint density at radius 2 is 1.14 bits per heavy atom. The first-order valence-corrected chi connectivity index (χ1v) is 9.43. The van der Waals surface area contributed by atoms with Crippen LogP contribution in [0.2, 0.25) is 0 Å². The quantitative estimate of drug-likeness (QED) is 0.365. The van der Waals surface area contributed by atoms with Crippen LogP contribution in [0.15, 0.2) is 103 Å². The summed E-state index contributed by atoms with van der Waals surface area (Å²) in [6.45, 7) is 0. The van der Waals surface area contributed by atoms with Crippen molar-refractivity contribution in [2.24, 2.45) is 0 Å². The van der Waals surface area contributed by atoms with E-state index in [9.17, 15) is 0 Å². The van der Waals surface area contributed by atoms with Gasteiger partial charge in [0.25, 0.3) is 0 Å². The van der Waals surface area contributed by atoms with E-state index in [1.54, 1.807) is 0 Å². The van der Waals surface area contributed by atoms with Gasteiger partial charge in [0.2, 0.25) is 0 Å². The van der Waals surface area contributed by atoms with Crippen LogP contribution >= 0.6 is 0 Å². The molecule has 0 amide bonds. The fourth-order valence-corrected chi connectivity index (χ4v) is 4.23. The van der Waals surface area contributed by atoms with Crippen LogP contribution in [0.5, 0.6) is 0 Å². The molecule has 0 aliphatic rings. The first-order valence-electron chi connectivity index (χ1n) is 9.43. The van der Waals surface area contributed by atoms with E-state index in [0.29, 0.717) is 0 Å². The molecule has 6 rings (SSSR count). The van der Waals surface area contributed by atoms with E-state index in [2.05, 4.69) is 94.1 Å². The topological polar surface area (TPSA) is 22.8 Å². The lowest BCUT2D eigenvalue weighted by atomic mass is 10.1. The third-order valence-corrected chi connectivity index (χ3v) is 5.36. The minimum absolute atomic E-state index is 0.981. The van der Waals surface area contributed by atoms with Crippen molar-refractivity contribution in [2.75, 3.05) is 0 Å². The normalized spacial score (nSPS) is 11.6. The van der Waals surface area contributed by atoms with Gasteiger partial charge in [-0.3, -0.25) is 9.13 Å². The second kappa shape index (κ2) is 5.83. The maximum Gasteiger partial charge on any atom is 0.146 e. The van der Waals surface area contributed by atoms with Crippen LogP contribution in [-0.4, -0.2) is 14.1 Å². The molecular weight excluding hydrogens is 342 g/mol.